The molecule has 0 bridgehead atoms. The summed E-state index contributed by atoms with van der Waals surface area (Å²) in [5.41, 5.74) is 0. The highest BCUT2D eigenvalue weighted by Crippen LogP contribution is 2.39. The van der Waals surface area contributed by atoms with E-state index >= 15 is 4.39 Å². The van der Waals surface area contributed by atoms with Gasteiger partial charge in [0.05, 0.1) is 24.0 Å². The minimum absolute atomic E-state index is 0.0834. The highest BCUT2D eigenvalue weighted by Gasteiger charge is 2.24. The van der Waals surface area contributed by atoms with E-state index in [-0.39, 0.29) is 37.7 Å². The van der Waals surface area contributed by atoms with E-state index in [4.69, 9.17) is 9.47 Å². The molecular weight excluding hydrogens is 460 g/mol. The van der Waals surface area contributed by atoms with Gasteiger partial charge < -0.3 is 9.47 Å². The minimum Gasteiger partial charge on any atom is -0.491 e. The Balaban J connectivity index is 1.72. The zero-order chi connectivity index (χ0) is 24.7. The van der Waals surface area contributed by atoms with Gasteiger partial charge >= 0.3 is 0 Å². The molecule has 3 rings (SSSR count). The third kappa shape index (κ3) is 6.04. The average Bonchev–Trinajstić information content (AvgIpc) is 2.81. The van der Waals surface area contributed by atoms with Crippen LogP contribution in [0.4, 0.5) is 17.6 Å². The Bertz CT molecular complexity index is 1120. The average molecular weight is 494 g/mol. The molecule has 0 amide bonds. The van der Waals surface area contributed by atoms with Gasteiger partial charge in [-0.05, 0) is 47.9 Å². The topological polar surface area (TPSA) is 18.5 Å². The second-order valence-electron chi connectivity index (χ2n) is 9.00. The predicted molar refractivity (Wildman–Crippen MR) is 133 cm³/mol. The zero-order valence-corrected chi connectivity index (χ0v) is 21.2. The number of fused-ring (bicyclic) bond motifs is 3. The first kappa shape index (κ1) is 26.3. The van der Waals surface area contributed by atoms with Crippen molar-refractivity contribution in [1.29, 1.82) is 0 Å². The first-order valence-corrected chi connectivity index (χ1v) is 14.8. The van der Waals surface area contributed by atoms with Crippen molar-refractivity contribution in [3.63, 3.8) is 0 Å². The van der Waals surface area contributed by atoms with Crippen molar-refractivity contribution in [2.24, 2.45) is 0 Å². The highest BCUT2D eigenvalue weighted by molar-refractivity contribution is 6.55. The van der Waals surface area contributed by atoms with E-state index < -0.39 is 34.0 Å². The molecule has 1 radical (unpaired) electrons. The summed E-state index contributed by atoms with van der Waals surface area (Å²) >= 11 is 0. The standard InChI is InChI=1S/C27H33F4O2Si/c1-4-15-32-20-13-11-18-19-12-14-21(33-16-9-7-5-6-8-10-17-34(2)3)25(29)23(19)27(31)26(30)22(18)24(20)28/h11-14H,4-10,15-17H2,1-3H3. The third-order valence-corrected chi connectivity index (χ3v) is 7.28. The zero-order valence-electron chi connectivity index (χ0n) is 20.2. The Morgan fingerprint density at radius 3 is 1.59 bits per heavy atom. The van der Waals surface area contributed by atoms with E-state index in [0.717, 1.165) is 19.3 Å². The van der Waals surface area contributed by atoms with Crippen molar-refractivity contribution < 1.29 is 27.0 Å². The molecule has 0 saturated carbocycles. The molecule has 0 N–H and O–H groups in total. The molecule has 0 unspecified atom stereocenters. The second-order valence-corrected chi connectivity index (χ2v) is 11.9. The second kappa shape index (κ2) is 12.4. The van der Waals surface area contributed by atoms with Crippen LogP contribution < -0.4 is 9.47 Å². The molecule has 3 aromatic rings. The smallest absolute Gasteiger partial charge is 0.175 e. The van der Waals surface area contributed by atoms with E-state index in [2.05, 4.69) is 13.1 Å². The Morgan fingerprint density at radius 2 is 1.09 bits per heavy atom. The van der Waals surface area contributed by atoms with E-state index in [1.165, 1.54) is 49.6 Å². The number of rotatable bonds is 13. The molecule has 0 fully saturated rings. The van der Waals surface area contributed by atoms with E-state index in [0.29, 0.717) is 13.0 Å². The summed E-state index contributed by atoms with van der Waals surface area (Å²) in [7, 11) is -0.141. The molecule has 7 heteroatoms. The molecule has 0 atom stereocenters. The van der Waals surface area contributed by atoms with Crippen LogP contribution in [0.1, 0.15) is 51.9 Å². The Morgan fingerprint density at radius 1 is 0.618 bits per heavy atom. The van der Waals surface area contributed by atoms with Gasteiger partial charge in [0.2, 0.25) is 0 Å². The number of hydrogen-bond acceptors (Lipinski definition) is 2. The largest absolute Gasteiger partial charge is 0.491 e. The summed E-state index contributed by atoms with van der Waals surface area (Å²) in [6, 6.07) is 6.97. The maximum Gasteiger partial charge on any atom is 0.175 e. The molecule has 0 spiro atoms. The van der Waals surface area contributed by atoms with Gasteiger partial charge in [0.25, 0.3) is 0 Å². The maximum atomic E-state index is 15.1. The van der Waals surface area contributed by atoms with Crippen LogP contribution in [0.2, 0.25) is 19.1 Å². The van der Waals surface area contributed by atoms with Crippen molar-refractivity contribution in [2.75, 3.05) is 13.2 Å². The number of unbranched alkanes of at least 4 members (excludes halogenated alkanes) is 5. The van der Waals surface area contributed by atoms with Crippen LogP contribution >= 0.6 is 0 Å². The van der Waals surface area contributed by atoms with Gasteiger partial charge in [-0.2, -0.15) is 0 Å². The predicted octanol–water partition coefficient (Wildman–Crippen LogP) is 8.81. The van der Waals surface area contributed by atoms with Crippen LogP contribution in [0.25, 0.3) is 21.5 Å². The molecule has 0 aliphatic rings. The number of benzene rings is 3. The van der Waals surface area contributed by atoms with Gasteiger partial charge in [-0.15, -0.1) is 0 Å². The minimum atomic E-state index is -1.43. The molecule has 0 saturated heterocycles. The monoisotopic (exact) mass is 493 g/mol. The SMILES string of the molecule is CCCOc1ccc2c(c1F)c(F)c(F)c1c(F)c(OCCCCCCCC[Si](C)C)ccc12. The van der Waals surface area contributed by atoms with Crippen molar-refractivity contribution in [1.82, 2.24) is 0 Å². The molecule has 2 nitrogen and oxygen atoms in total. The van der Waals surface area contributed by atoms with Crippen LogP contribution in [0, 0.1) is 23.3 Å². The van der Waals surface area contributed by atoms with Gasteiger partial charge in [0.15, 0.2) is 34.8 Å². The van der Waals surface area contributed by atoms with Crippen molar-refractivity contribution in [3.05, 3.63) is 47.5 Å². The lowest BCUT2D eigenvalue weighted by atomic mass is 9.99. The lowest BCUT2D eigenvalue weighted by molar-refractivity contribution is 0.291. The molecule has 3 aromatic carbocycles. The number of hydrogen-bond donors (Lipinski definition) is 0. The first-order chi connectivity index (χ1) is 16.4. The van der Waals surface area contributed by atoms with Gasteiger partial charge in [0.1, 0.15) is 0 Å². The van der Waals surface area contributed by atoms with E-state index in [9.17, 15) is 13.2 Å². The summed E-state index contributed by atoms with van der Waals surface area (Å²) in [6.07, 6.45) is 7.17. The lowest BCUT2D eigenvalue weighted by Gasteiger charge is -2.14. The molecule has 0 aromatic heterocycles. The fourth-order valence-corrected chi connectivity index (χ4v) is 5.07. The third-order valence-electron chi connectivity index (χ3n) is 5.93. The summed E-state index contributed by atoms with van der Waals surface area (Å²) in [5, 5.41) is -0.901. The van der Waals surface area contributed by atoms with E-state index in [1.807, 2.05) is 6.92 Å². The van der Waals surface area contributed by atoms with Gasteiger partial charge in [-0.3, -0.25) is 0 Å². The number of halogens is 4. The van der Waals surface area contributed by atoms with Crippen molar-refractivity contribution in [2.45, 2.75) is 71.0 Å². The van der Waals surface area contributed by atoms with Gasteiger partial charge in [-0.25, -0.2) is 17.6 Å². The molecule has 0 heterocycles. The maximum absolute atomic E-state index is 15.1. The van der Waals surface area contributed by atoms with Crippen LogP contribution in [0.5, 0.6) is 11.5 Å². The van der Waals surface area contributed by atoms with Gasteiger partial charge in [-0.1, -0.05) is 58.2 Å². The van der Waals surface area contributed by atoms with Crippen LogP contribution in [0.3, 0.4) is 0 Å². The Kier molecular flexibility index (Phi) is 9.62. The lowest BCUT2D eigenvalue weighted by Crippen LogP contribution is -2.03. The normalized spacial score (nSPS) is 11.6. The van der Waals surface area contributed by atoms with Crippen molar-refractivity contribution in [3.8, 4) is 11.5 Å². The fraction of sp³-hybridized carbons (Fsp3) is 0.481. The Hall–Kier alpha value is -2.28. The molecule has 0 aliphatic heterocycles. The quantitative estimate of drug-likeness (QED) is 0.102. The van der Waals surface area contributed by atoms with Gasteiger partial charge in [0, 0.05) is 8.80 Å². The number of ether oxygens (including phenoxy) is 2. The molecular formula is C27H33F4O2Si. The molecule has 185 valence electrons. The summed E-state index contributed by atoms with van der Waals surface area (Å²) in [6.45, 7) is 7.05. The first-order valence-electron chi connectivity index (χ1n) is 12.1. The van der Waals surface area contributed by atoms with Crippen LogP contribution in [-0.4, -0.2) is 22.0 Å². The summed E-state index contributed by atoms with van der Waals surface area (Å²) < 4.78 is 70.6. The highest BCUT2D eigenvalue weighted by atomic mass is 28.3. The van der Waals surface area contributed by atoms with E-state index in [1.54, 1.807) is 0 Å². The fourth-order valence-electron chi connectivity index (χ4n) is 4.12. The summed E-state index contributed by atoms with van der Waals surface area (Å²) in [5.74, 6) is -5.11. The molecule has 34 heavy (non-hydrogen) atoms. The van der Waals surface area contributed by atoms with Crippen LogP contribution in [0.15, 0.2) is 24.3 Å². The molecule has 0 aliphatic carbocycles. The van der Waals surface area contributed by atoms with Crippen molar-refractivity contribution >= 4 is 30.3 Å². The summed E-state index contributed by atoms with van der Waals surface area (Å²) in [4.78, 5) is 0. The van der Waals surface area contributed by atoms with Crippen LogP contribution in [-0.2, 0) is 0 Å². The Labute approximate surface area is 200 Å².